The molecule has 0 heterocycles. The zero-order valence-electron chi connectivity index (χ0n) is 11.6. The number of nitro groups is 1. The Morgan fingerprint density at radius 1 is 1.40 bits per heavy atom. The molecule has 0 bridgehead atoms. The SMILES string of the molecule is CCNC(=O)c1ccc(NCCOCC)c([N+](=O)[O-])c1. The number of anilines is 1. The average Bonchev–Trinajstić information content (AvgIpc) is 2.43. The first-order valence-electron chi connectivity index (χ1n) is 6.48. The van der Waals surface area contributed by atoms with Crippen LogP contribution in [0.15, 0.2) is 18.2 Å². The van der Waals surface area contributed by atoms with Crippen LogP contribution in [-0.2, 0) is 4.74 Å². The Bertz CT molecular complexity index is 477. The maximum absolute atomic E-state index is 11.7. The van der Waals surface area contributed by atoms with Gasteiger partial charge in [0.25, 0.3) is 11.6 Å². The van der Waals surface area contributed by atoms with Gasteiger partial charge in [-0.05, 0) is 26.0 Å². The molecule has 0 fully saturated rings. The number of hydrogen-bond donors (Lipinski definition) is 2. The first-order valence-corrected chi connectivity index (χ1v) is 6.48. The maximum Gasteiger partial charge on any atom is 0.293 e. The lowest BCUT2D eigenvalue weighted by Crippen LogP contribution is -2.22. The van der Waals surface area contributed by atoms with Crippen molar-refractivity contribution in [3.8, 4) is 0 Å². The van der Waals surface area contributed by atoms with Crippen LogP contribution in [-0.4, -0.2) is 37.1 Å². The number of nitrogens with zero attached hydrogens (tertiary/aromatic N) is 1. The molecule has 0 spiro atoms. The first kappa shape index (κ1) is 15.9. The van der Waals surface area contributed by atoms with Crippen molar-refractivity contribution in [2.45, 2.75) is 13.8 Å². The molecule has 0 radical (unpaired) electrons. The van der Waals surface area contributed by atoms with Gasteiger partial charge >= 0.3 is 0 Å². The van der Waals surface area contributed by atoms with Gasteiger partial charge in [-0.1, -0.05) is 0 Å². The van der Waals surface area contributed by atoms with E-state index in [2.05, 4.69) is 10.6 Å². The highest BCUT2D eigenvalue weighted by atomic mass is 16.6. The van der Waals surface area contributed by atoms with E-state index in [9.17, 15) is 14.9 Å². The van der Waals surface area contributed by atoms with Gasteiger partial charge in [-0.25, -0.2) is 0 Å². The molecule has 110 valence electrons. The Morgan fingerprint density at radius 2 is 2.15 bits per heavy atom. The summed E-state index contributed by atoms with van der Waals surface area (Å²) in [5.74, 6) is -0.323. The molecule has 1 aromatic rings. The molecule has 0 saturated carbocycles. The van der Waals surface area contributed by atoms with Crippen LogP contribution in [0.5, 0.6) is 0 Å². The zero-order valence-corrected chi connectivity index (χ0v) is 11.6. The maximum atomic E-state index is 11.7. The van der Waals surface area contributed by atoms with Crippen LogP contribution in [0.25, 0.3) is 0 Å². The summed E-state index contributed by atoms with van der Waals surface area (Å²) in [6, 6.07) is 4.36. The van der Waals surface area contributed by atoms with E-state index in [0.29, 0.717) is 32.0 Å². The Labute approximate surface area is 117 Å². The van der Waals surface area contributed by atoms with Crippen molar-refractivity contribution in [3.05, 3.63) is 33.9 Å². The van der Waals surface area contributed by atoms with Gasteiger partial charge in [0, 0.05) is 31.3 Å². The van der Waals surface area contributed by atoms with Crippen molar-refractivity contribution in [1.82, 2.24) is 5.32 Å². The fourth-order valence-electron chi connectivity index (χ4n) is 1.64. The van der Waals surface area contributed by atoms with Crippen molar-refractivity contribution in [2.75, 3.05) is 31.6 Å². The van der Waals surface area contributed by atoms with Crippen molar-refractivity contribution in [2.24, 2.45) is 0 Å². The first-order chi connectivity index (χ1) is 9.60. The summed E-state index contributed by atoms with van der Waals surface area (Å²) in [7, 11) is 0. The normalized spacial score (nSPS) is 10.1. The third kappa shape index (κ3) is 4.51. The molecule has 20 heavy (non-hydrogen) atoms. The third-order valence-corrected chi connectivity index (χ3v) is 2.56. The van der Waals surface area contributed by atoms with Gasteiger partial charge in [-0.2, -0.15) is 0 Å². The zero-order chi connectivity index (χ0) is 15.0. The van der Waals surface area contributed by atoms with E-state index < -0.39 is 4.92 Å². The lowest BCUT2D eigenvalue weighted by atomic mass is 10.1. The quantitative estimate of drug-likeness (QED) is 0.430. The van der Waals surface area contributed by atoms with Gasteiger partial charge < -0.3 is 15.4 Å². The molecular formula is C13H19N3O4. The number of carbonyl (C=O) groups excluding carboxylic acids is 1. The number of hydrogen-bond acceptors (Lipinski definition) is 5. The number of rotatable bonds is 8. The number of ether oxygens (including phenoxy) is 1. The highest BCUT2D eigenvalue weighted by Crippen LogP contribution is 2.25. The molecule has 1 aromatic carbocycles. The number of carbonyl (C=O) groups is 1. The van der Waals surface area contributed by atoms with E-state index in [1.165, 1.54) is 12.1 Å². The summed E-state index contributed by atoms with van der Waals surface area (Å²) in [5.41, 5.74) is 0.530. The summed E-state index contributed by atoms with van der Waals surface area (Å²) >= 11 is 0. The van der Waals surface area contributed by atoms with E-state index in [0.717, 1.165) is 0 Å². The Hall–Kier alpha value is -2.15. The minimum atomic E-state index is -0.508. The van der Waals surface area contributed by atoms with Gasteiger partial charge in [0.1, 0.15) is 5.69 Å². The number of benzene rings is 1. The second kappa shape index (κ2) is 8.11. The molecule has 1 amide bonds. The minimum Gasteiger partial charge on any atom is -0.380 e. The van der Waals surface area contributed by atoms with Crippen LogP contribution in [0.1, 0.15) is 24.2 Å². The van der Waals surface area contributed by atoms with Crippen molar-refractivity contribution in [1.29, 1.82) is 0 Å². The molecule has 1 rings (SSSR count). The van der Waals surface area contributed by atoms with Crippen LogP contribution in [0.4, 0.5) is 11.4 Å². The van der Waals surface area contributed by atoms with Crippen LogP contribution >= 0.6 is 0 Å². The number of nitro benzene ring substituents is 1. The van der Waals surface area contributed by atoms with Crippen molar-refractivity contribution in [3.63, 3.8) is 0 Å². The predicted octanol–water partition coefficient (Wildman–Crippen LogP) is 1.79. The molecule has 0 aromatic heterocycles. The summed E-state index contributed by atoms with van der Waals surface area (Å²) in [5, 5.41) is 16.6. The largest absolute Gasteiger partial charge is 0.380 e. The van der Waals surface area contributed by atoms with Gasteiger partial charge in [-0.15, -0.1) is 0 Å². The molecule has 0 unspecified atom stereocenters. The van der Waals surface area contributed by atoms with Gasteiger partial charge in [0.05, 0.1) is 11.5 Å². The highest BCUT2D eigenvalue weighted by molar-refractivity contribution is 5.95. The number of amides is 1. The van der Waals surface area contributed by atoms with Gasteiger partial charge in [-0.3, -0.25) is 14.9 Å². The Morgan fingerprint density at radius 3 is 2.75 bits per heavy atom. The fraction of sp³-hybridized carbons (Fsp3) is 0.462. The van der Waals surface area contributed by atoms with Gasteiger partial charge in [0.15, 0.2) is 0 Å². The molecule has 0 saturated heterocycles. The monoisotopic (exact) mass is 281 g/mol. The molecule has 0 aliphatic carbocycles. The molecule has 7 nitrogen and oxygen atoms in total. The van der Waals surface area contributed by atoms with Crippen molar-refractivity contribution < 1.29 is 14.5 Å². The van der Waals surface area contributed by atoms with Crippen LogP contribution in [0, 0.1) is 10.1 Å². The van der Waals surface area contributed by atoms with E-state index in [1.54, 1.807) is 13.0 Å². The molecular weight excluding hydrogens is 262 g/mol. The number of nitrogens with one attached hydrogen (secondary N) is 2. The van der Waals surface area contributed by atoms with Crippen LogP contribution in [0.3, 0.4) is 0 Å². The molecule has 0 aliphatic heterocycles. The van der Waals surface area contributed by atoms with Crippen LogP contribution in [0.2, 0.25) is 0 Å². The molecule has 2 N–H and O–H groups in total. The second-order valence-corrected chi connectivity index (χ2v) is 3.97. The summed E-state index contributed by atoms with van der Waals surface area (Å²) in [6.45, 7) is 5.67. The third-order valence-electron chi connectivity index (χ3n) is 2.56. The highest BCUT2D eigenvalue weighted by Gasteiger charge is 2.16. The minimum absolute atomic E-state index is 0.120. The summed E-state index contributed by atoms with van der Waals surface area (Å²) < 4.78 is 5.15. The van der Waals surface area contributed by atoms with E-state index >= 15 is 0 Å². The Kier molecular flexibility index (Phi) is 6.45. The Balaban J connectivity index is 2.85. The fourth-order valence-corrected chi connectivity index (χ4v) is 1.64. The lowest BCUT2D eigenvalue weighted by molar-refractivity contribution is -0.384. The van der Waals surface area contributed by atoms with Crippen molar-refractivity contribution >= 4 is 17.3 Å². The molecule has 0 atom stereocenters. The summed E-state index contributed by atoms with van der Waals surface area (Å²) in [4.78, 5) is 22.2. The topological polar surface area (TPSA) is 93.5 Å². The predicted molar refractivity (Wildman–Crippen MR) is 76.1 cm³/mol. The smallest absolute Gasteiger partial charge is 0.293 e. The molecule has 0 aliphatic rings. The average molecular weight is 281 g/mol. The van der Waals surface area contributed by atoms with Crippen LogP contribution < -0.4 is 10.6 Å². The second-order valence-electron chi connectivity index (χ2n) is 3.97. The van der Waals surface area contributed by atoms with E-state index in [1.807, 2.05) is 6.92 Å². The van der Waals surface area contributed by atoms with E-state index in [4.69, 9.17) is 4.74 Å². The van der Waals surface area contributed by atoms with Gasteiger partial charge in [0.2, 0.25) is 0 Å². The molecule has 7 heteroatoms. The summed E-state index contributed by atoms with van der Waals surface area (Å²) in [6.07, 6.45) is 0. The lowest BCUT2D eigenvalue weighted by Gasteiger charge is -2.08. The standard InChI is InChI=1S/C13H19N3O4/c1-3-14-13(17)10-5-6-11(12(9-10)16(18)19)15-7-8-20-4-2/h5-6,9,15H,3-4,7-8H2,1-2H3,(H,14,17). The van der Waals surface area contributed by atoms with E-state index in [-0.39, 0.29) is 17.2 Å².